The van der Waals surface area contributed by atoms with Gasteiger partial charge < -0.3 is 10.4 Å². The molecule has 0 aliphatic heterocycles. The van der Waals surface area contributed by atoms with Crippen LogP contribution in [0.15, 0.2) is 53.4 Å². The van der Waals surface area contributed by atoms with Gasteiger partial charge in [0.2, 0.25) is 5.91 Å². The van der Waals surface area contributed by atoms with Crippen LogP contribution in [-0.4, -0.2) is 16.8 Å². The molecule has 0 fully saturated rings. The van der Waals surface area contributed by atoms with Crippen LogP contribution in [0.25, 0.3) is 0 Å². The summed E-state index contributed by atoms with van der Waals surface area (Å²) in [5.74, 6) is 0.394. The summed E-state index contributed by atoms with van der Waals surface area (Å²) in [6.07, 6.45) is 0. The van der Waals surface area contributed by atoms with Crippen molar-refractivity contribution < 1.29 is 9.90 Å². The van der Waals surface area contributed by atoms with E-state index in [1.54, 1.807) is 18.2 Å². The number of rotatable bonds is 4. The van der Waals surface area contributed by atoms with Crippen molar-refractivity contribution in [1.82, 2.24) is 0 Å². The van der Waals surface area contributed by atoms with E-state index in [1.807, 2.05) is 37.3 Å². The standard InChI is InChI=1S/C15H15NO2S/c1-11-6-2-3-7-12(11)16-15(18)10-19-14-9-5-4-8-13(14)17/h2-9,17H,10H2,1H3,(H,16,18). The zero-order valence-corrected chi connectivity index (χ0v) is 11.4. The zero-order chi connectivity index (χ0) is 13.7. The average Bonchev–Trinajstić information content (AvgIpc) is 2.40. The number of aromatic hydroxyl groups is 1. The number of hydrogen-bond acceptors (Lipinski definition) is 3. The van der Waals surface area contributed by atoms with E-state index in [1.165, 1.54) is 11.8 Å². The third-order valence-electron chi connectivity index (χ3n) is 2.64. The molecule has 0 spiro atoms. The summed E-state index contributed by atoms with van der Waals surface area (Å²) in [5, 5.41) is 12.5. The van der Waals surface area contributed by atoms with Crippen LogP contribution in [0.1, 0.15) is 5.56 Å². The Morgan fingerprint density at radius 3 is 2.58 bits per heavy atom. The molecule has 2 aromatic carbocycles. The second kappa shape index (κ2) is 6.29. The van der Waals surface area contributed by atoms with E-state index in [0.717, 1.165) is 11.3 Å². The lowest BCUT2D eigenvalue weighted by Crippen LogP contribution is -2.14. The van der Waals surface area contributed by atoms with Crippen molar-refractivity contribution in [3.8, 4) is 5.75 Å². The maximum absolute atomic E-state index is 11.8. The lowest BCUT2D eigenvalue weighted by molar-refractivity contribution is -0.113. The molecule has 19 heavy (non-hydrogen) atoms. The lowest BCUT2D eigenvalue weighted by Gasteiger charge is -2.08. The topological polar surface area (TPSA) is 49.3 Å². The van der Waals surface area contributed by atoms with Crippen molar-refractivity contribution in [2.45, 2.75) is 11.8 Å². The smallest absolute Gasteiger partial charge is 0.234 e. The zero-order valence-electron chi connectivity index (χ0n) is 10.6. The van der Waals surface area contributed by atoms with Crippen molar-refractivity contribution in [3.05, 3.63) is 54.1 Å². The molecule has 0 radical (unpaired) electrons. The maximum Gasteiger partial charge on any atom is 0.234 e. The minimum Gasteiger partial charge on any atom is -0.507 e. The Balaban J connectivity index is 1.92. The monoisotopic (exact) mass is 273 g/mol. The van der Waals surface area contributed by atoms with Crippen LogP contribution in [-0.2, 0) is 4.79 Å². The first-order valence-corrected chi connectivity index (χ1v) is 6.91. The Morgan fingerprint density at radius 1 is 1.16 bits per heavy atom. The van der Waals surface area contributed by atoms with E-state index >= 15 is 0 Å². The van der Waals surface area contributed by atoms with E-state index in [-0.39, 0.29) is 17.4 Å². The number of aryl methyl sites for hydroxylation is 1. The van der Waals surface area contributed by atoms with Crippen LogP contribution < -0.4 is 5.32 Å². The first kappa shape index (κ1) is 13.5. The summed E-state index contributed by atoms with van der Waals surface area (Å²) in [6, 6.07) is 14.6. The number of amides is 1. The van der Waals surface area contributed by atoms with Crippen molar-refractivity contribution in [1.29, 1.82) is 0 Å². The molecule has 2 rings (SSSR count). The maximum atomic E-state index is 11.8. The number of benzene rings is 2. The van der Waals surface area contributed by atoms with Crippen LogP contribution in [0.3, 0.4) is 0 Å². The Bertz CT molecular complexity index is 584. The van der Waals surface area contributed by atoms with Crippen LogP contribution in [0.4, 0.5) is 5.69 Å². The van der Waals surface area contributed by atoms with Crippen LogP contribution in [0.2, 0.25) is 0 Å². The predicted molar refractivity (Wildman–Crippen MR) is 78.6 cm³/mol. The van der Waals surface area contributed by atoms with Gasteiger partial charge in [-0.25, -0.2) is 0 Å². The van der Waals surface area contributed by atoms with E-state index < -0.39 is 0 Å². The third-order valence-corrected chi connectivity index (χ3v) is 3.71. The molecule has 0 bridgehead atoms. The number of hydrogen-bond donors (Lipinski definition) is 2. The van der Waals surface area contributed by atoms with Gasteiger partial charge in [0.15, 0.2) is 0 Å². The number of carbonyl (C=O) groups is 1. The molecule has 0 aliphatic rings. The fourth-order valence-electron chi connectivity index (χ4n) is 1.62. The number of carbonyl (C=O) groups excluding carboxylic acids is 1. The molecular weight excluding hydrogens is 258 g/mol. The highest BCUT2D eigenvalue weighted by Crippen LogP contribution is 2.27. The van der Waals surface area contributed by atoms with Gasteiger partial charge in [-0.05, 0) is 30.7 Å². The normalized spacial score (nSPS) is 10.2. The molecule has 0 heterocycles. The van der Waals surface area contributed by atoms with Gasteiger partial charge >= 0.3 is 0 Å². The number of thioether (sulfide) groups is 1. The van der Waals surface area contributed by atoms with Gasteiger partial charge in [-0.15, -0.1) is 11.8 Å². The molecule has 0 atom stereocenters. The highest BCUT2D eigenvalue weighted by Gasteiger charge is 2.07. The van der Waals surface area contributed by atoms with Gasteiger partial charge in [0.25, 0.3) is 0 Å². The second-order valence-corrected chi connectivity index (χ2v) is 5.14. The SMILES string of the molecule is Cc1ccccc1NC(=O)CSc1ccccc1O. The van der Waals surface area contributed by atoms with E-state index in [9.17, 15) is 9.90 Å². The van der Waals surface area contributed by atoms with E-state index in [0.29, 0.717) is 4.90 Å². The van der Waals surface area contributed by atoms with E-state index in [4.69, 9.17) is 0 Å². The Hall–Kier alpha value is -1.94. The van der Waals surface area contributed by atoms with Gasteiger partial charge in [-0.3, -0.25) is 4.79 Å². The van der Waals surface area contributed by atoms with E-state index in [2.05, 4.69) is 5.32 Å². The summed E-state index contributed by atoms with van der Waals surface area (Å²) in [5.41, 5.74) is 1.86. The van der Waals surface area contributed by atoms with Gasteiger partial charge in [0, 0.05) is 10.6 Å². The number of phenolic OH excluding ortho intramolecular Hbond substituents is 1. The summed E-state index contributed by atoms with van der Waals surface area (Å²) in [7, 11) is 0. The van der Waals surface area contributed by atoms with Crippen molar-refractivity contribution in [3.63, 3.8) is 0 Å². The highest BCUT2D eigenvalue weighted by atomic mass is 32.2. The molecule has 0 saturated carbocycles. The molecule has 2 aromatic rings. The lowest BCUT2D eigenvalue weighted by atomic mass is 10.2. The molecule has 4 heteroatoms. The van der Waals surface area contributed by atoms with Gasteiger partial charge in [-0.1, -0.05) is 30.3 Å². The Kier molecular flexibility index (Phi) is 4.47. The quantitative estimate of drug-likeness (QED) is 0.839. The first-order chi connectivity index (χ1) is 9.16. The fourth-order valence-corrected chi connectivity index (χ4v) is 2.37. The van der Waals surface area contributed by atoms with Gasteiger partial charge in [0.05, 0.1) is 5.75 Å². The summed E-state index contributed by atoms with van der Waals surface area (Å²) in [4.78, 5) is 12.5. The highest BCUT2D eigenvalue weighted by molar-refractivity contribution is 8.00. The number of nitrogens with one attached hydrogen (secondary N) is 1. The van der Waals surface area contributed by atoms with Crippen molar-refractivity contribution >= 4 is 23.4 Å². The molecule has 3 nitrogen and oxygen atoms in total. The minimum absolute atomic E-state index is 0.0810. The van der Waals surface area contributed by atoms with Crippen LogP contribution in [0.5, 0.6) is 5.75 Å². The molecule has 0 unspecified atom stereocenters. The largest absolute Gasteiger partial charge is 0.507 e. The molecule has 0 aromatic heterocycles. The number of para-hydroxylation sites is 2. The molecular formula is C15H15NO2S. The summed E-state index contributed by atoms with van der Waals surface area (Å²) >= 11 is 1.32. The van der Waals surface area contributed by atoms with Crippen LogP contribution in [0, 0.1) is 6.92 Å². The van der Waals surface area contributed by atoms with Crippen LogP contribution >= 0.6 is 11.8 Å². The minimum atomic E-state index is -0.0810. The van der Waals surface area contributed by atoms with Gasteiger partial charge in [-0.2, -0.15) is 0 Å². The van der Waals surface area contributed by atoms with Crippen molar-refractivity contribution in [2.75, 3.05) is 11.1 Å². The molecule has 98 valence electrons. The predicted octanol–water partition coefficient (Wildman–Crippen LogP) is 3.43. The summed E-state index contributed by atoms with van der Waals surface area (Å²) in [6.45, 7) is 1.95. The van der Waals surface area contributed by atoms with Gasteiger partial charge in [0.1, 0.15) is 5.75 Å². The fraction of sp³-hybridized carbons (Fsp3) is 0.133. The first-order valence-electron chi connectivity index (χ1n) is 5.93. The number of phenols is 1. The molecule has 2 N–H and O–H groups in total. The Morgan fingerprint density at radius 2 is 1.84 bits per heavy atom. The Labute approximate surface area is 116 Å². The second-order valence-electron chi connectivity index (χ2n) is 4.12. The van der Waals surface area contributed by atoms with Crippen molar-refractivity contribution in [2.24, 2.45) is 0 Å². The molecule has 1 amide bonds. The summed E-state index contributed by atoms with van der Waals surface area (Å²) < 4.78 is 0. The molecule has 0 saturated heterocycles. The third kappa shape index (κ3) is 3.76. The molecule has 0 aliphatic carbocycles. The number of anilines is 1. The average molecular weight is 273 g/mol.